The van der Waals surface area contributed by atoms with Gasteiger partial charge in [0.15, 0.2) is 11.5 Å². The lowest BCUT2D eigenvalue weighted by Gasteiger charge is -1.98. The molecule has 0 atom stereocenters. The van der Waals surface area contributed by atoms with Crippen LogP contribution in [0.2, 0.25) is 0 Å². The molecule has 6 nitrogen and oxygen atoms in total. The molecule has 0 N–H and O–H groups in total. The van der Waals surface area contributed by atoms with Crippen LogP contribution in [0.1, 0.15) is 25.6 Å². The molecule has 0 aliphatic heterocycles. The summed E-state index contributed by atoms with van der Waals surface area (Å²) in [6, 6.07) is 1.86. The Morgan fingerprint density at radius 2 is 2.16 bits per heavy atom. The van der Waals surface area contributed by atoms with Gasteiger partial charge in [0.25, 0.3) is 5.89 Å². The lowest BCUT2D eigenvalue weighted by Crippen LogP contribution is -2.01. The fourth-order valence-corrected chi connectivity index (χ4v) is 2.19. The van der Waals surface area contributed by atoms with Gasteiger partial charge in [-0.05, 0) is 18.9 Å². The SMILES string of the molecule is Cn1cnc2c(-c3nc(C4(C)CC4)no3)ccnc21. The molecule has 3 aromatic rings. The second-order valence-electron chi connectivity index (χ2n) is 5.37. The molecule has 1 saturated carbocycles. The van der Waals surface area contributed by atoms with Crippen LogP contribution in [0.25, 0.3) is 22.6 Å². The molecule has 0 unspecified atom stereocenters. The third-order valence-electron chi connectivity index (χ3n) is 3.80. The van der Waals surface area contributed by atoms with E-state index in [2.05, 4.69) is 27.0 Å². The fraction of sp³-hybridized carbons (Fsp3) is 0.385. The molecule has 0 saturated heterocycles. The molecule has 3 heterocycles. The molecule has 96 valence electrons. The fourth-order valence-electron chi connectivity index (χ4n) is 2.19. The van der Waals surface area contributed by atoms with Crippen LogP contribution in [-0.4, -0.2) is 24.7 Å². The van der Waals surface area contributed by atoms with Crippen molar-refractivity contribution in [2.24, 2.45) is 7.05 Å². The zero-order valence-electron chi connectivity index (χ0n) is 10.8. The second kappa shape index (κ2) is 3.40. The molecule has 3 aromatic heterocycles. The molecule has 1 aliphatic carbocycles. The zero-order valence-corrected chi connectivity index (χ0v) is 10.8. The van der Waals surface area contributed by atoms with Crippen LogP contribution >= 0.6 is 0 Å². The number of aromatic nitrogens is 5. The van der Waals surface area contributed by atoms with Gasteiger partial charge in [-0.25, -0.2) is 9.97 Å². The van der Waals surface area contributed by atoms with Crippen molar-refractivity contribution in [3.63, 3.8) is 0 Å². The summed E-state index contributed by atoms with van der Waals surface area (Å²) in [7, 11) is 1.91. The Morgan fingerprint density at radius 3 is 2.95 bits per heavy atom. The van der Waals surface area contributed by atoms with Crippen LogP contribution in [0, 0.1) is 0 Å². The van der Waals surface area contributed by atoms with Crippen molar-refractivity contribution in [3.8, 4) is 11.5 Å². The molecule has 0 spiro atoms. The standard InChI is InChI=1S/C13H13N5O/c1-13(4-5-13)12-16-11(19-17-12)8-3-6-14-10-9(8)15-7-18(10)2/h3,6-7H,4-5H2,1-2H3. The molecule has 6 heteroatoms. The third kappa shape index (κ3) is 1.49. The summed E-state index contributed by atoms with van der Waals surface area (Å²) in [6.45, 7) is 2.16. The van der Waals surface area contributed by atoms with E-state index in [0.717, 1.165) is 35.4 Å². The maximum Gasteiger partial charge on any atom is 0.260 e. The maximum absolute atomic E-state index is 5.40. The van der Waals surface area contributed by atoms with Crippen molar-refractivity contribution in [3.05, 3.63) is 24.4 Å². The Hall–Kier alpha value is -2.24. The van der Waals surface area contributed by atoms with Gasteiger partial charge in [0.2, 0.25) is 0 Å². The van der Waals surface area contributed by atoms with E-state index in [0.29, 0.717) is 5.89 Å². The number of aryl methyl sites for hydroxylation is 1. The van der Waals surface area contributed by atoms with E-state index >= 15 is 0 Å². The van der Waals surface area contributed by atoms with E-state index in [1.807, 2.05) is 17.7 Å². The lowest BCUT2D eigenvalue weighted by atomic mass is 10.1. The summed E-state index contributed by atoms with van der Waals surface area (Å²) < 4.78 is 7.27. The van der Waals surface area contributed by atoms with Gasteiger partial charge < -0.3 is 9.09 Å². The summed E-state index contributed by atoms with van der Waals surface area (Å²) in [4.78, 5) is 13.2. The van der Waals surface area contributed by atoms with Crippen molar-refractivity contribution in [1.29, 1.82) is 0 Å². The summed E-state index contributed by atoms with van der Waals surface area (Å²) >= 11 is 0. The highest BCUT2D eigenvalue weighted by atomic mass is 16.5. The Kier molecular flexibility index (Phi) is 1.91. The van der Waals surface area contributed by atoms with Gasteiger partial charge in [0, 0.05) is 18.7 Å². The maximum atomic E-state index is 5.40. The van der Waals surface area contributed by atoms with Crippen LogP contribution in [0.5, 0.6) is 0 Å². The first-order valence-electron chi connectivity index (χ1n) is 6.28. The van der Waals surface area contributed by atoms with Gasteiger partial charge in [-0.15, -0.1) is 0 Å². The minimum Gasteiger partial charge on any atom is -0.334 e. The van der Waals surface area contributed by atoms with Gasteiger partial charge in [-0.2, -0.15) is 4.98 Å². The highest BCUT2D eigenvalue weighted by Gasteiger charge is 2.43. The lowest BCUT2D eigenvalue weighted by molar-refractivity contribution is 0.416. The molecule has 1 fully saturated rings. The molecule has 4 rings (SSSR count). The first-order valence-corrected chi connectivity index (χ1v) is 6.28. The van der Waals surface area contributed by atoms with Gasteiger partial charge in [0.1, 0.15) is 5.52 Å². The smallest absolute Gasteiger partial charge is 0.260 e. The van der Waals surface area contributed by atoms with Gasteiger partial charge >= 0.3 is 0 Å². The van der Waals surface area contributed by atoms with Crippen molar-refractivity contribution < 1.29 is 4.52 Å². The van der Waals surface area contributed by atoms with E-state index in [9.17, 15) is 0 Å². The number of rotatable bonds is 2. The van der Waals surface area contributed by atoms with E-state index in [1.54, 1.807) is 12.5 Å². The summed E-state index contributed by atoms with van der Waals surface area (Å²) in [6.07, 6.45) is 5.73. The molecule has 0 amide bonds. The predicted molar refractivity (Wildman–Crippen MR) is 68.4 cm³/mol. The van der Waals surface area contributed by atoms with Crippen LogP contribution < -0.4 is 0 Å². The average Bonchev–Trinajstić information content (AvgIpc) is 2.87. The number of hydrogen-bond donors (Lipinski definition) is 0. The average molecular weight is 255 g/mol. The van der Waals surface area contributed by atoms with Crippen LogP contribution in [0.15, 0.2) is 23.1 Å². The van der Waals surface area contributed by atoms with Crippen molar-refractivity contribution in [2.75, 3.05) is 0 Å². The highest BCUT2D eigenvalue weighted by molar-refractivity contribution is 5.86. The minimum atomic E-state index is 0.109. The largest absolute Gasteiger partial charge is 0.334 e. The summed E-state index contributed by atoms with van der Waals surface area (Å²) in [5.41, 5.74) is 2.56. The minimum absolute atomic E-state index is 0.109. The van der Waals surface area contributed by atoms with Gasteiger partial charge in [-0.3, -0.25) is 0 Å². The van der Waals surface area contributed by atoms with Gasteiger partial charge in [0.05, 0.1) is 11.9 Å². The Balaban J connectivity index is 1.88. The van der Waals surface area contributed by atoms with Crippen molar-refractivity contribution in [1.82, 2.24) is 24.7 Å². The third-order valence-corrected chi connectivity index (χ3v) is 3.80. The number of hydrogen-bond acceptors (Lipinski definition) is 5. The predicted octanol–water partition coefficient (Wildman–Crippen LogP) is 2.07. The molecule has 19 heavy (non-hydrogen) atoms. The first kappa shape index (κ1) is 10.7. The Bertz CT molecular complexity index is 768. The van der Waals surface area contributed by atoms with E-state index in [1.165, 1.54) is 0 Å². The highest BCUT2D eigenvalue weighted by Crippen LogP contribution is 2.46. The van der Waals surface area contributed by atoms with Crippen LogP contribution in [0.3, 0.4) is 0 Å². The number of pyridine rings is 1. The van der Waals surface area contributed by atoms with Crippen LogP contribution in [0.4, 0.5) is 0 Å². The molecular formula is C13H13N5O. The quantitative estimate of drug-likeness (QED) is 0.701. The zero-order chi connectivity index (χ0) is 13.0. The number of nitrogens with zero attached hydrogens (tertiary/aromatic N) is 5. The van der Waals surface area contributed by atoms with Crippen molar-refractivity contribution in [2.45, 2.75) is 25.2 Å². The van der Waals surface area contributed by atoms with E-state index in [4.69, 9.17) is 4.52 Å². The molecule has 1 aliphatic rings. The Labute approximate surface area is 109 Å². The van der Waals surface area contributed by atoms with Crippen LogP contribution in [-0.2, 0) is 12.5 Å². The summed E-state index contributed by atoms with van der Waals surface area (Å²) in [5, 5.41) is 4.10. The Morgan fingerprint density at radius 1 is 1.32 bits per heavy atom. The monoisotopic (exact) mass is 255 g/mol. The number of fused-ring (bicyclic) bond motifs is 1. The van der Waals surface area contributed by atoms with E-state index < -0.39 is 0 Å². The number of imidazole rings is 1. The van der Waals surface area contributed by atoms with Gasteiger partial charge in [-0.1, -0.05) is 12.1 Å². The van der Waals surface area contributed by atoms with Crippen molar-refractivity contribution >= 4 is 11.2 Å². The second-order valence-corrected chi connectivity index (χ2v) is 5.37. The first-order chi connectivity index (χ1) is 9.17. The molecular weight excluding hydrogens is 242 g/mol. The molecule has 0 radical (unpaired) electrons. The normalized spacial score (nSPS) is 16.9. The molecule has 0 bridgehead atoms. The topological polar surface area (TPSA) is 69.6 Å². The summed E-state index contributed by atoms with van der Waals surface area (Å²) in [5.74, 6) is 1.32. The van der Waals surface area contributed by atoms with E-state index in [-0.39, 0.29) is 5.41 Å². The molecule has 0 aromatic carbocycles.